The quantitative estimate of drug-likeness (QED) is 0.278. The van der Waals surface area contributed by atoms with Crippen molar-refractivity contribution in [2.24, 2.45) is 0 Å². The molecule has 45 heavy (non-hydrogen) atoms. The summed E-state index contributed by atoms with van der Waals surface area (Å²) in [4.78, 5) is 44.6. The molecule has 1 saturated heterocycles. The van der Waals surface area contributed by atoms with Crippen LogP contribution in [0.25, 0.3) is 11.1 Å². The van der Waals surface area contributed by atoms with Gasteiger partial charge in [-0.25, -0.2) is 4.79 Å². The van der Waals surface area contributed by atoms with Gasteiger partial charge >= 0.3 is 6.09 Å². The molecule has 2 aromatic carbocycles. The van der Waals surface area contributed by atoms with Crippen molar-refractivity contribution in [3.05, 3.63) is 83.1 Å². The van der Waals surface area contributed by atoms with E-state index in [1.54, 1.807) is 12.1 Å². The number of anilines is 1. The minimum atomic E-state index is -0.696. The fourth-order valence-corrected chi connectivity index (χ4v) is 5.92. The number of aromatic nitrogens is 2. The Morgan fingerprint density at radius 2 is 1.64 bits per heavy atom. The molecule has 2 amide bonds. The van der Waals surface area contributed by atoms with Crippen LogP contribution >= 0.6 is 0 Å². The molecule has 6 rings (SSSR count). The number of piperazine rings is 1. The molecule has 2 fully saturated rings. The van der Waals surface area contributed by atoms with Gasteiger partial charge in [-0.2, -0.15) is 4.68 Å². The van der Waals surface area contributed by atoms with Gasteiger partial charge in [0, 0.05) is 44.4 Å². The zero-order chi connectivity index (χ0) is 31.6. The zero-order valence-corrected chi connectivity index (χ0v) is 26.0. The van der Waals surface area contributed by atoms with Crippen molar-refractivity contribution >= 4 is 34.8 Å². The van der Waals surface area contributed by atoms with Crippen LogP contribution in [0.15, 0.2) is 65.1 Å². The number of nitrogens with zero attached hydrogens (tertiary/aromatic N) is 4. The molecule has 2 aromatic heterocycles. The van der Waals surface area contributed by atoms with E-state index in [-0.39, 0.29) is 28.8 Å². The molecular weight excluding hydrogens is 572 g/mol. The zero-order valence-electron chi connectivity index (χ0n) is 26.0. The number of hydrogen-bond donors (Lipinski definition) is 2. The maximum atomic E-state index is 13.4. The fourth-order valence-electron chi connectivity index (χ4n) is 5.92. The third-order valence-corrected chi connectivity index (χ3v) is 8.69. The summed E-state index contributed by atoms with van der Waals surface area (Å²) < 4.78 is 12.7. The lowest BCUT2D eigenvalue weighted by atomic mass is 9.94. The van der Waals surface area contributed by atoms with Crippen molar-refractivity contribution in [3.8, 4) is 0 Å². The van der Waals surface area contributed by atoms with E-state index in [0.717, 1.165) is 74.2 Å². The maximum absolute atomic E-state index is 13.4. The summed E-state index contributed by atoms with van der Waals surface area (Å²) in [6.45, 7) is 8.70. The molecular formula is C34H40N6O5. The van der Waals surface area contributed by atoms with E-state index in [9.17, 15) is 14.4 Å². The summed E-state index contributed by atoms with van der Waals surface area (Å²) in [6.07, 6.45) is 2.69. The number of carbonyl (C=O) groups excluding carboxylic acids is 3. The van der Waals surface area contributed by atoms with Crippen LogP contribution in [0.1, 0.15) is 71.6 Å². The van der Waals surface area contributed by atoms with E-state index in [2.05, 4.69) is 32.6 Å². The van der Waals surface area contributed by atoms with Gasteiger partial charge in [-0.05, 0) is 69.8 Å². The van der Waals surface area contributed by atoms with Crippen LogP contribution in [0.2, 0.25) is 0 Å². The lowest BCUT2D eigenvalue weighted by Crippen LogP contribution is -2.43. The van der Waals surface area contributed by atoms with Gasteiger partial charge < -0.3 is 24.7 Å². The molecule has 2 N–H and O–H groups in total. The normalized spacial score (nSPS) is 16.6. The second-order valence-corrected chi connectivity index (χ2v) is 12.6. The molecule has 3 heterocycles. The number of nitrogens with one attached hydrogen (secondary N) is 2. The van der Waals surface area contributed by atoms with E-state index < -0.39 is 23.4 Å². The molecule has 0 atom stereocenters. The average molecular weight is 613 g/mol. The average Bonchev–Trinajstić information content (AvgIpc) is 3.78. The standard InChI is InChI=1S/C34H40N6O5/c1-34(2,25-9-5-4-6-10-25)36-32(42)28-21-27-29(45-28)30(37-40(27)33(43)44-26-11-7-8-12-26)35-31(41)24-15-13-23(14-16-24)22-39-19-17-38(3)18-20-39/h4-6,9-10,13-16,21,26H,7-8,11-12,17-20,22H2,1-3H3,(H,36,42)(H,35,37,41). The van der Waals surface area contributed by atoms with E-state index >= 15 is 0 Å². The van der Waals surface area contributed by atoms with Crippen molar-refractivity contribution in [2.45, 2.75) is 57.7 Å². The Hall–Kier alpha value is -4.48. The van der Waals surface area contributed by atoms with Crippen LogP contribution in [0.4, 0.5) is 10.6 Å². The second kappa shape index (κ2) is 12.9. The predicted octanol–water partition coefficient (Wildman–Crippen LogP) is 5.22. The number of benzene rings is 2. The van der Waals surface area contributed by atoms with Crippen molar-refractivity contribution in [3.63, 3.8) is 0 Å². The van der Waals surface area contributed by atoms with Crippen LogP contribution in [-0.2, 0) is 16.8 Å². The van der Waals surface area contributed by atoms with Crippen LogP contribution in [0.5, 0.6) is 0 Å². The second-order valence-electron chi connectivity index (χ2n) is 12.6. The number of likely N-dealkylation sites (N-methyl/N-ethyl adjacent to an activating group) is 1. The number of hydrogen-bond acceptors (Lipinski definition) is 8. The van der Waals surface area contributed by atoms with Gasteiger partial charge in [0.25, 0.3) is 11.8 Å². The number of fused-ring (bicyclic) bond motifs is 1. The molecule has 0 spiro atoms. The highest BCUT2D eigenvalue weighted by Gasteiger charge is 2.30. The summed E-state index contributed by atoms with van der Waals surface area (Å²) in [7, 11) is 2.13. The summed E-state index contributed by atoms with van der Waals surface area (Å²) in [6, 6.07) is 18.5. The largest absolute Gasteiger partial charge is 0.445 e. The molecule has 1 aliphatic carbocycles. The minimum absolute atomic E-state index is 0.0161. The summed E-state index contributed by atoms with van der Waals surface area (Å²) in [5.74, 6) is -0.868. The monoisotopic (exact) mass is 612 g/mol. The Balaban J connectivity index is 1.22. The van der Waals surface area contributed by atoms with Gasteiger partial charge in [0.05, 0.1) is 5.54 Å². The predicted molar refractivity (Wildman–Crippen MR) is 170 cm³/mol. The van der Waals surface area contributed by atoms with E-state index in [1.165, 1.54) is 6.07 Å². The highest BCUT2D eigenvalue weighted by atomic mass is 16.6. The SMILES string of the molecule is CN1CCN(Cc2ccc(C(=O)Nc3nn(C(=O)OC4CCCC4)c4cc(C(=O)NC(C)(C)c5ccccc5)oc34)cc2)CC1. The molecule has 4 aromatic rings. The van der Waals surface area contributed by atoms with Crippen molar-refractivity contribution in [2.75, 3.05) is 38.5 Å². The molecule has 11 heteroatoms. The molecule has 0 radical (unpaired) electrons. The molecule has 236 valence electrons. The van der Waals surface area contributed by atoms with Gasteiger partial charge in [0.15, 0.2) is 17.2 Å². The lowest BCUT2D eigenvalue weighted by Gasteiger charge is -2.32. The minimum Gasteiger partial charge on any atom is -0.445 e. The van der Waals surface area contributed by atoms with Gasteiger partial charge in [0.2, 0.25) is 0 Å². The topological polar surface area (TPSA) is 122 Å². The van der Waals surface area contributed by atoms with E-state index in [4.69, 9.17) is 9.15 Å². The van der Waals surface area contributed by atoms with Crippen LogP contribution in [0.3, 0.4) is 0 Å². The smallest absolute Gasteiger partial charge is 0.435 e. The maximum Gasteiger partial charge on any atom is 0.435 e. The number of furan rings is 1. The molecule has 0 bridgehead atoms. The first-order valence-electron chi connectivity index (χ1n) is 15.6. The number of carbonyl (C=O) groups is 3. The highest BCUT2D eigenvalue weighted by Crippen LogP contribution is 2.30. The molecule has 1 saturated carbocycles. The van der Waals surface area contributed by atoms with Gasteiger partial charge in [-0.15, -0.1) is 5.10 Å². The summed E-state index contributed by atoms with van der Waals surface area (Å²) in [5, 5.41) is 10.1. The third-order valence-electron chi connectivity index (χ3n) is 8.69. The number of rotatable bonds is 8. The number of ether oxygens (including phenoxy) is 1. The Bertz CT molecular complexity index is 1660. The van der Waals surface area contributed by atoms with Crippen molar-refractivity contribution < 1.29 is 23.5 Å². The molecule has 0 unspecified atom stereocenters. The van der Waals surface area contributed by atoms with Gasteiger partial charge in [-0.1, -0.05) is 42.5 Å². The Morgan fingerprint density at radius 1 is 0.956 bits per heavy atom. The Kier molecular flexibility index (Phi) is 8.73. The van der Waals surface area contributed by atoms with Gasteiger partial charge in [-0.3, -0.25) is 14.5 Å². The molecule has 1 aliphatic heterocycles. The summed E-state index contributed by atoms with van der Waals surface area (Å²) in [5.41, 5.74) is 2.13. The lowest BCUT2D eigenvalue weighted by molar-refractivity contribution is 0.0884. The van der Waals surface area contributed by atoms with Crippen LogP contribution in [-0.4, -0.2) is 76.8 Å². The van der Waals surface area contributed by atoms with Crippen LogP contribution in [0, 0.1) is 0 Å². The highest BCUT2D eigenvalue weighted by molar-refractivity contribution is 6.08. The van der Waals surface area contributed by atoms with Crippen LogP contribution < -0.4 is 10.6 Å². The van der Waals surface area contributed by atoms with E-state index in [0.29, 0.717) is 5.56 Å². The van der Waals surface area contributed by atoms with Gasteiger partial charge in [0.1, 0.15) is 11.6 Å². The molecule has 11 nitrogen and oxygen atoms in total. The Labute approximate surface area is 262 Å². The first-order chi connectivity index (χ1) is 21.7. The van der Waals surface area contributed by atoms with Crippen molar-refractivity contribution in [1.29, 1.82) is 0 Å². The third kappa shape index (κ3) is 6.94. The summed E-state index contributed by atoms with van der Waals surface area (Å²) >= 11 is 0. The van der Waals surface area contributed by atoms with E-state index in [1.807, 2.05) is 56.3 Å². The Morgan fingerprint density at radius 3 is 2.33 bits per heavy atom. The number of amides is 2. The molecule has 2 aliphatic rings. The first-order valence-corrected chi connectivity index (χ1v) is 15.6. The van der Waals surface area contributed by atoms with Crippen molar-refractivity contribution in [1.82, 2.24) is 24.9 Å². The first kappa shape index (κ1) is 30.5. The fraction of sp³-hybridized carbons (Fsp3) is 0.412.